The van der Waals surface area contributed by atoms with Gasteiger partial charge >= 0.3 is 0 Å². The minimum absolute atomic E-state index is 0.147. The van der Waals surface area contributed by atoms with Crippen LogP contribution < -0.4 is 5.56 Å². The Balaban J connectivity index is 1.54. The lowest BCUT2D eigenvalue weighted by Crippen LogP contribution is -2.25. The van der Waals surface area contributed by atoms with E-state index in [2.05, 4.69) is 5.10 Å². The molecular weight excluding hydrogens is 402 g/mol. The second kappa shape index (κ2) is 6.43. The molecule has 0 saturated carbocycles. The number of nitrogens with zero attached hydrogens (tertiary/aromatic N) is 3. The van der Waals surface area contributed by atoms with Crippen molar-refractivity contribution in [2.45, 2.75) is 5.16 Å². The molecule has 3 aromatic heterocycles. The van der Waals surface area contributed by atoms with E-state index in [1.165, 1.54) is 27.8 Å². The Bertz CT molecular complexity index is 1450. The number of thioether (sulfide) groups is 1. The number of benzene rings is 2. The Kier molecular flexibility index (Phi) is 3.72. The van der Waals surface area contributed by atoms with E-state index in [0.29, 0.717) is 22.1 Å². The number of aromatic nitrogens is 2. The lowest BCUT2D eigenvalue weighted by Gasteiger charge is -2.14. The van der Waals surface area contributed by atoms with E-state index in [1.54, 1.807) is 0 Å². The monoisotopic (exact) mass is 415 g/mol. The van der Waals surface area contributed by atoms with Gasteiger partial charge in [-0.2, -0.15) is 9.78 Å². The maximum absolute atomic E-state index is 13.4. The Morgan fingerprint density at radius 3 is 2.72 bits per heavy atom. The number of rotatable bonds is 2. The van der Waals surface area contributed by atoms with Crippen LogP contribution in [0, 0.1) is 0 Å². The molecule has 0 radical (unpaired) electrons. The number of thiophene rings is 1. The second-order valence-electron chi connectivity index (χ2n) is 6.69. The fourth-order valence-electron chi connectivity index (χ4n) is 3.50. The summed E-state index contributed by atoms with van der Waals surface area (Å²) >= 11 is 2.99. The first-order valence-electron chi connectivity index (χ1n) is 9.07. The van der Waals surface area contributed by atoms with Crippen molar-refractivity contribution >= 4 is 50.0 Å². The third kappa shape index (κ3) is 2.66. The highest BCUT2D eigenvalue weighted by atomic mass is 32.2. The lowest BCUT2D eigenvalue weighted by molar-refractivity contribution is 0.599. The number of hydrogen-bond acceptors (Lipinski definition) is 6. The summed E-state index contributed by atoms with van der Waals surface area (Å²) < 4.78 is 7.36. The van der Waals surface area contributed by atoms with Crippen LogP contribution in [0.2, 0.25) is 0 Å². The predicted molar refractivity (Wildman–Crippen MR) is 118 cm³/mol. The van der Waals surface area contributed by atoms with Crippen LogP contribution in [0.15, 0.2) is 85.5 Å². The molecule has 0 aliphatic carbocycles. The lowest BCUT2D eigenvalue weighted by atomic mass is 10.1. The van der Waals surface area contributed by atoms with E-state index in [-0.39, 0.29) is 5.56 Å². The van der Waals surface area contributed by atoms with Crippen molar-refractivity contribution in [3.63, 3.8) is 0 Å². The zero-order chi connectivity index (χ0) is 19.4. The van der Waals surface area contributed by atoms with E-state index in [1.807, 2.05) is 66.0 Å². The van der Waals surface area contributed by atoms with Crippen LogP contribution in [0.3, 0.4) is 0 Å². The fraction of sp³-hybridized carbons (Fsp3) is 0.0455. The van der Waals surface area contributed by atoms with Crippen molar-refractivity contribution in [2.24, 2.45) is 5.10 Å². The van der Waals surface area contributed by atoms with E-state index in [0.717, 1.165) is 32.6 Å². The normalized spacial score (nSPS) is 13.6. The molecule has 0 N–H and O–H groups in total. The van der Waals surface area contributed by atoms with Gasteiger partial charge in [-0.3, -0.25) is 4.79 Å². The molecule has 6 rings (SSSR count). The first-order chi connectivity index (χ1) is 14.3. The topological polar surface area (TPSA) is 60.4 Å². The molecule has 0 bridgehead atoms. The SMILES string of the molecule is O=c1c2c(-c3ccccc3)csc2nc2n1N=C(c1cc3ccccc3o1)CS2. The van der Waals surface area contributed by atoms with Crippen LogP contribution >= 0.6 is 23.1 Å². The van der Waals surface area contributed by atoms with Crippen molar-refractivity contribution in [3.8, 4) is 11.1 Å². The summed E-state index contributed by atoms with van der Waals surface area (Å²) in [6.45, 7) is 0. The molecular formula is C22H13N3O2S2. The highest BCUT2D eigenvalue weighted by Crippen LogP contribution is 2.33. The molecule has 7 heteroatoms. The third-order valence-electron chi connectivity index (χ3n) is 4.91. The fourth-order valence-corrected chi connectivity index (χ4v) is 5.37. The summed E-state index contributed by atoms with van der Waals surface area (Å²) in [6.07, 6.45) is 0. The molecule has 0 spiro atoms. The van der Waals surface area contributed by atoms with Crippen LogP contribution in [0.4, 0.5) is 0 Å². The molecule has 0 atom stereocenters. The van der Waals surface area contributed by atoms with Crippen molar-refractivity contribution in [3.05, 3.63) is 82.2 Å². The summed E-state index contributed by atoms with van der Waals surface area (Å²) in [4.78, 5) is 18.8. The first kappa shape index (κ1) is 16.8. The standard InChI is InChI=1S/C22H13N3O2S2/c26-21-19-15(13-6-2-1-3-7-13)11-28-20(19)23-22-25(21)24-16(12-29-22)18-10-14-8-4-5-9-17(14)27-18/h1-11H,12H2. The van der Waals surface area contributed by atoms with Gasteiger partial charge in [0.2, 0.25) is 0 Å². The first-order valence-corrected chi connectivity index (χ1v) is 10.9. The second-order valence-corrected chi connectivity index (χ2v) is 8.49. The van der Waals surface area contributed by atoms with E-state index >= 15 is 0 Å². The molecule has 1 aliphatic rings. The third-order valence-corrected chi connectivity index (χ3v) is 6.72. The largest absolute Gasteiger partial charge is 0.455 e. The smallest absolute Gasteiger partial charge is 0.284 e. The predicted octanol–water partition coefficient (Wildman–Crippen LogP) is 5.23. The molecule has 0 amide bonds. The van der Waals surface area contributed by atoms with Gasteiger partial charge in [0.25, 0.3) is 5.56 Å². The van der Waals surface area contributed by atoms with E-state index in [4.69, 9.17) is 9.40 Å². The number of fused-ring (bicyclic) bond motifs is 3. The van der Waals surface area contributed by atoms with Crippen LogP contribution in [-0.2, 0) is 0 Å². The minimum Gasteiger partial charge on any atom is -0.455 e. The average molecular weight is 415 g/mol. The Hall–Kier alpha value is -3.16. The molecule has 0 fully saturated rings. The van der Waals surface area contributed by atoms with Gasteiger partial charge in [-0.1, -0.05) is 60.3 Å². The van der Waals surface area contributed by atoms with Crippen molar-refractivity contribution < 1.29 is 4.42 Å². The van der Waals surface area contributed by atoms with Crippen LogP contribution in [0.5, 0.6) is 0 Å². The summed E-state index contributed by atoms with van der Waals surface area (Å²) in [5.41, 5.74) is 3.30. The van der Waals surface area contributed by atoms with E-state index in [9.17, 15) is 4.79 Å². The van der Waals surface area contributed by atoms with Gasteiger partial charge in [-0.25, -0.2) is 4.98 Å². The molecule has 4 heterocycles. The summed E-state index contributed by atoms with van der Waals surface area (Å²) in [5.74, 6) is 1.29. The van der Waals surface area contributed by atoms with Crippen molar-refractivity contribution in [2.75, 3.05) is 5.75 Å². The van der Waals surface area contributed by atoms with E-state index < -0.39 is 0 Å². The summed E-state index contributed by atoms with van der Waals surface area (Å²) in [5, 5.41) is 8.86. The Morgan fingerprint density at radius 2 is 1.86 bits per heavy atom. The number of para-hydroxylation sites is 1. The molecule has 5 nitrogen and oxygen atoms in total. The molecule has 140 valence electrons. The van der Waals surface area contributed by atoms with Gasteiger partial charge < -0.3 is 4.42 Å². The zero-order valence-electron chi connectivity index (χ0n) is 15.0. The molecule has 1 aliphatic heterocycles. The molecule has 2 aromatic carbocycles. The van der Waals surface area contributed by atoms with Gasteiger partial charge in [0.15, 0.2) is 10.9 Å². The van der Waals surface area contributed by atoms with Gasteiger partial charge in [0.1, 0.15) is 16.1 Å². The number of furan rings is 1. The molecule has 5 aromatic rings. The summed E-state index contributed by atoms with van der Waals surface area (Å²) in [7, 11) is 0. The van der Waals surface area contributed by atoms with Crippen LogP contribution in [0.1, 0.15) is 5.76 Å². The minimum atomic E-state index is -0.147. The summed E-state index contributed by atoms with van der Waals surface area (Å²) in [6, 6.07) is 19.7. The molecule has 0 unspecified atom stereocenters. The maximum Gasteiger partial charge on any atom is 0.284 e. The van der Waals surface area contributed by atoms with Gasteiger partial charge in [-0.15, -0.1) is 11.3 Å². The molecule has 0 saturated heterocycles. The van der Waals surface area contributed by atoms with Gasteiger partial charge in [0.05, 0.1) is 5.39 Å². The zero-order valence-corrected chi connectivity index (χ0v) is 16.7. The maximum atomic E-state index is 13.4. The highest BCUT2D eigenvalue weighted by molar-refractivity contribution is 7.99. The van der Waals surface area contributed by atoms with Gasteiger partial charge in [0, 0.05) is 22.1 Å². The highest BCUT2D eigenvalue weighted by Gasteiger charge is 2.23. The quantitative estimate of drug-likeness (QED) is 0.371. The molecule has 29 heavy (non-hydrogen) atoms. The Labute approximate surface area is 173 Å². The van der Waals surface area contributed by atoms with Crippen LogP contribution in [-0.4, -0.2) is 21.1 Å². The van der Waals surface area contributed by atoms with Crippen molar-refractivity contribution in [1.29, 1.82) is 0 Å². The Morgan fingerprint density at radius 1 is 1.03 bits per heavy atom. The average Bonchev–Trinajstić information content (AvgIpc) is 3.39. The van der Waals surface area contributed by atoms with Crippen molar-refractivity contribution in [1.82, 2.24) is 9.66 Å². The van der Waals surface area contributed by atoms with Gasteiger partial charge in [-0.05, 0) is 17.7 Å². The van der Waals surface area contributed by atoms with Crippen LogP contribution in [0.25, 0.3) is 32.3 Å². The number of hydrogen-bond donors (Lipinski definition) is 0.